The minimum Gasteiger partial charge on any atom is -0.477 e. The van der Waals surface area contributed by atoms with Crippen LogP contribution in [0.3, 0.4) is 0 Å². The molecule has 1 amide bonds. The van der Waals surface area contributed by atoms with Gasteiger partial charge in [0, 0.05) is 12.7 Å². The molecule has 130 valence electrons. The number of anilines is 1. The van der Waals surface area contributed by atoms with Crippen molar-refractivity contribution >= 4 is 17.7 Å². The highest BCUT2D eigenvalue weighted by Crippen LogP contribution is 2.25. The van der Waals surface area contributed by atoms with Crippen LogP contribution in [0.5, 0.6) is 0 Å². The van der Waals surface area contributed by atoms with Gasteiger partial charge < -0.3 is 14.4 Å². The third kappa shape index (κ3) is 4.61. The number of hydrogen-bond acceptors (Lipinski definition) is 4. The largest absolute Gasteiger partial charge is 0.477 e. The summed E-state index contributed by atoms with van der Waals surface area (Å²) in [5.74, 6) is -1.25. The van der Waals surface area contributed by atoms with Crippen LogP contribution in [0, 0.1) is 11.3 Å². The van der Waals surface area contributed by atoms with Crippen molar-refractivity contribution in [2.75, 3.05) is 5.32 Å². The lowest BCUT2D eigenvalue weighted by molar-refractivity contribution is 0.0636. The van der Waals surface area contributed by atoms with Gasteiger partial charge in [0.1, 0.15) is 11.7 Å². The van der Waals surface area contributed by atoms with Crippen molar-refractivity contribution in [3.63, 3.8) is 0 Å². The molecule has 1 heterocycles. The van der Waals surface area contributed by atoms with E-state index in [1.165, 1.54) is 10.8 Å². The molecule has 7 heteroatoms. The van der Waals surface area contributed by atoms with E-state index in [-0.39, 0.29) is 23.5 Å². The number of aromatic nitrogens is 1. The number of carboxylic acids is 1. The van der Waals surface area contributed by atoms with Gasteiger partial charge in [0.2, 0.25) is 0 Å². The summed E-state index contributed by atoms with van der Waals surface area (Å²) in [6.07, 6.45) is 0.590. The second-order valence-electron chi connectivity index (χ2n) is 6.42. The van der Waals surface area contributed by atoms with Crippen LogP contribution in [0.25, 0.3) is 0 Å². The average Bonchev–Trinajstić information content (AvgIpc) is 2.83. The Kier molecular flexibility index (Phi) is 5.13. The Labute approximate surface area is 145 Å². The molecule has 7 nitrogen and oxygen atoms in total. The number of carbonyl (C=O) groups is 2. The van der Waals surface area contributed by atoms with Crippen molar-refractivity contribution in [2.45, 2.75) is 32.9 Å². The molecule has 25 heavy (non-hydrogen) atoms. The predicted molar refractivity (Wildman–Crippen MR) is 91.5 cm³/mol. The Morgan fingerprint density at radius 3 is 2.44 bits per heavy atom. The predicted octanol–water partition coefficient (Wildman–Crippen LogP) is 3.45. The fourth-order valence-electron chi connectivity index (χ4n) is 2.31. The van der Waals surface area contributed by atoms with Crippen molar-refractivity contribution in [3.8, 4) is 6.07 Å². The van der Waals surface area contributed by atoms with E-state index >= 15 is 0 Å². The number of nitriles is 1. The molecule has 2 aromatic rings. The van der Waals surface area contributed by atoms with Gasteiger partial charge >= 0.3 is 12.1 Å². The smallest absolute Gasteiger partial charge is 0.412 e. The summed E-state index contributed by atoms with van der Waals surface area (Å²) in [7, 11) is 0. The highest BCUT2D eigenvalue weighted by atomic mass is 16.6. The molecule has 0 aliphatic carbocycles. The lowest BCUT2D eigenvalue weighted by Gasteiger charge is -2.19. The van der Waals surface area contributed by atoms with Crippen LogP contribution in [0.4, 0.5) is 10.5 Å². The first kappa shape index (κ1) is 18.1. The van der Waals surface area contributed by atoms with Gasteiger partial charge in [-0.25, -0.2) is 9.59 Å². The number of nitrogens with zero attached hydrogens (tertiary/aromatic N) is 2. The molecule has 0 fully saturated rings. The second-order valence-corrected chi connectivity index (χ2v) is 6.42. The molecule has 0 atom stereocenters. The molecule has 2 N–H and O–H groups in total. The minimum absolute atomic E-state index is 0.0548. The van der Waals surface area contributed by atoms with Crippen LogP contribution in [-0.4, -0.2) is 27.3 Å². The summed E-state index contributed by atoms with van der Waals surface area (Å²) in [4.78, 5) is 23.7. The summed E-state index contributed by atoms with van der Waals surface area (Å²) < 4.78 is 6.56. The molecule has 2 rings (SSSR count). The Balaban J connectivity index is 2.40. The van der Waals surface area contributed by atoms with Crippen LogP contribution < -0.4 is 5.32 Å². The van der Waals surface area contributed by atoms with Crippen LogP contribution in [0.2, 0.25) is 0 Å². The Morgan fingerprint density at radius 2 is 1.92 bits per heavy atom. The number of amides is 1. The second kappa shape index (κ2) is 7.09. The van der Waals surface area contributed by atoms with Crippen molar-refractivity contribution in [3.05, 3.63) is 53.3 Å². The first-order valence-electron chi connectivity index (χ1n) is 7.61. The summed E-state index contributed by atoms with van der Waals surface area (Å²) in [5.41, 5.74) is -0.0636. The molecule has 0 radical (unpaired) electrons. The van der Waals surface area contributed by atoms with E-state index in [0.29, 0.717) is 0 Å². The van der Waals surface area contributed by atoms with E-state index in [9.17, 15) is 20.0 Å². The highest BCUT2D eigenvalue weighted by Gasteiger charge is 2.25. The summed E-state index contributed by atoms with van der Waals surface area (Å²) in [6, 6.07) is 11.1. The fourth-order valence-corrected chi connectivity index (χ4v) is 2.31. The van der Waals surface area contributed by atoms with Crippen LogP contribution in [0.15, 0.2) is 36.5 Å². The highest BCUT2D eigenvalue weighted by molar-refractivity contribution is 5.99. The SMILES string of the molecule is CC(C)(C)OC(=O)Nc1c(C#N)cn(Cc2ccccc2)c1C(=O)O. The first-order valence-corrected chi connectivity index (χ1v) is 7.61. The lowest BCUT2D eigenvalue weighted by Crippen LogP contribution is -2.28. The molecular weight excluding hydrogens is 322 g/mol. The van der Waals surface area contributed by atoms with Gasteiger partial charge in [0.15, 0.2) is 5.69 Å². The number of rotatable bonds is 4. The van der Waals surface area contributed by atoms with Crippen LogP contribution in [-0.2, 0) is 11.3 Å². The van der Waals surface area contributed by atoms with E-state index in [4.69, 9.17) is 4.74 Å². The number of aromatic carboxylic acids is 1. The van der Waals surface area contributed by atoms with E-state index in [1.807, 2.05) is 36.4 Å². The van der Waals surface area contributed by atoms with Gasteiger partial charge in [-0.15, -0.1) is 0 Å². The molecule has 1 aromatic carbocycles. The number of carbonyl (C=O) groups excluding carboxylic acids is 1. The van der Waals surface area contributed by atoms with Gasteiger partial charge in [0.25, 0.3) is 0 Å². The van der Waals surface area contributed by atoms with E-state index < -0.39 is 17.7 Å². The monoisotopic (exact) mass is 341 g/mol. The Hall–Kier alpha value is -3.27. The van der Waals surface area contributed by atoms with Gasteiger partial charge in [-0.2, -0.15) is 5.26 Å². The van der Waals surface area contributed by atoms with Gasteiger partial charge in [-0.3, -0.25) is 5.32 Å². The summed E-state index contributed by atoms with van der Waals surface area (Å²) in [6.45, 7) is 5.33. The van der Waals surface area contributed by atoms with Gasteiger partial charge in [-0.05, 0) is 26.3 Å². The zero-order valence-electron chi connectivity index (χ0n) is 14.2. The maximum Gasteiger partial charge on any atom is 0.412 e. The van der Waals surface area contributed by atoms with Gasteiger partial charge in [-0.1, -0.05) is 30.3 Å². The Morgan fingerprint density at radius 1 is 1.28 bits per heavy atom. The molecular formula is C18H19N3O4. The number of ether oxygens (including phenoxy) is 1. The zero-order chi connectivity index (χ0) is 18.6. The molecule has 0 aliphatic rings. The third-order valence-corrected chi connectivity index (χ3v) is 3.22. The quantitative estimate of drug-likeness (QED) is 0.886. The normalized spacial score (nSPS) is 10.8. The van der Waals surface area contributed by atoms with Crippen molar-refractivity contribution < 1.29 is 19.4 Å². The molecule has 0 bridgehead atoms. The maximum atomic E-state index is 12.0. The number of benzene rings is 1. The maximum absolute atomic E-state index is 12.0. The molecule has 1 aromatic heterocycles. The van der Waals surface area contributed by atoms with Crippen molar-refractivity contribution in [1.82, 2.24) is 4.57 Å². The number of hydrogen-bond donors (Lipinski definition) is 2. The van der Waals surface area contributed by atoms with Crippen molar-refractivity contribution in [1.29, 1.82) is 5.26 Å². The molecule has 0 spiro atoms. The molecule has 0 saturated heterocycles. The summed E-state index contributed by atoms with van der Waals surface area (Å²) in [5, 5.41) is 21.2. The average molecular weight is 341 g/mol. The number of carboxylic acid groups (broad SMARTS) is 1. The molecule has 0 unspecified atom stereocenters. The van der Waals surface area contributed by atoms with Crippen molar-refractivity contribution in [2.24, 2.45) is 0 Å². The van der Waals surface area contributed by atoms with E-state index in [0.717, 1.165) is 5.56 Å². The standard InChI is InChI=1S/C18H19N3O4/c1-18(2,3)25-17(24)20-14-13(9-19)11-21(15(14)16(22)23)10-12-7-5-4-6-8-12/h4-8,11H,10H2,1-3H3,(H,20,24)(H,22,23). The van der Waals surface area contributed by atoms with Crippen LogP contribution >= 0.6 is 0 Å². The van der Waals surface area contributed by atoms with E-state index in [1.54, 1.807) is 20.8 Å². The number of nitrogens with one attached hydrogen (secondary N) is 1. The summed E-state index contributed by atoms with van der Waals surface area (Å²) >= 11 is 0. The van der Waals surface area contributed by atoms with E-state index in [2.05, 4.69) is 5.32 Å². The van der Waals surface area contributed by atoms with Gasteiger partial charge in [0.05, 0.1) is 11.3 Å². The zero-order valence-corrected chi connectivity index (χ0v) is 14.2. The minimum atomic E-state index is -1.25. The van der Waals surface area contributed by atoms with Crippen LogP contribution in [0.1, 0.15) is 42.4 Å². The molecule has 0 aliphatic heterocycles. The fraction of sp³-hybridized carbons (Fsp3) is 0.278. The first-order chi connectivity index (χ1) is 11.7. The topological polar surface area (TPSA) is 104 Å². The third-order valence-electron chi connectivity index (χ3n) is 3.22. The molecule has 0 saturated carbocycles. The lowest BCUT2D eigenvalue weighted by atomic mass is 10.2. The Bertz CT molecular complexity index is 826.